The van der Waals surface area contributed by atoms with Gasteiger partial charge in [-0.05, 0) is 24.8 Å². The van der Waals surface area contributed by atoms with Gasteiger partial charge in [0.2, 0.25) is 5.91 Å². The van der Waals surface area contributed by atoms with E-state index < -0.39 is 23.2 Å². The SMILES string of the molecule is O=C1CN(C(=O)c2ccncc2C(F)(F)F)CN1CC1CC1. The van der Waals surface area contributed by atoms with Crippen LogP contribution in [0.1, 0.15) is 28.8 Å². The summed E-state index contributed by atoms with van der Waals surface area (Å²) in [6.07, 6.45) is -0.771. The maximum Gasteiger partial charge on any atom is 0.418 e. The van der Waals surface area contributed by atoms with Crippen molar-refractivity contribution in [3.05, 3.63) is 29.6 Å². The van der Waals surface area contributed by atoms with Gasteiger partial charge in [0.05, 0.1) is 17.8 Å². The number of hydrogen-bond acceptors (Lipinski definition) is 3. The molecule has 118 valence electrons. The molecule has 0 radical (unpaired) electrons. The van der Waals surface area contributed by atoms with Crippen molar-refractivity contribution in [2.45, 2.75) is 19.0 Å². The number of hydrogen-bond donors (Lipinski definition) is 0. The van der Waals surface area contributed by atoms with Crippen LogP contribution in [0.3, 0.4) is 0 Å². The maximum absolute atomic E-state index is 12.9. The van der Waals surface area contributed by atoms with E-state index in [-0.39, 0.29) is 19.1 Å². The lowest BCUT2D eigenvalue weighted by molar-refractivity contribution is -0.138. The highest BCUT2D eigenvalue weighted by Gasteiger charge is 2.39. The van der Waals surface area contributed by atoms with Crippen molar-refractivity contribution in [2.75, 3.05) is 19.8 Å². The van der Waals surface area contributed by atoms with Gasteiger partial charge in [-0.2, -0.15) is 13.2 Å². The molecule has 8 heteroatoms. The van der Waals surface area contributed by atoms with Crippen LogP contribution in [-0.4, -0.2) is 46.4 Å². The molecule has 0 bridgehead atoms. The van der Waals surface area contributed by atoms with Crippen molar-refractivity contribution < 1.29 is 22.8 Å². The molecule has 5 nitrogen and oxygen atoms in total. The summed E-state index contributed by atoms with van der Waals surface area (Å²) in [6, 6.07) is 1.04. The molecule has 0 N–H and O–H groups in total. The fourth-order valence-electron chi connectivity index (χ4n) is 2.48. The van der Waals surface area contributed by atoms with E-state index in [1.54, 1.807) is 0 Å². The third-order valence-electron chi connectivity index (χ3n) is 3.84. The van der Waals surface area contributed by atoms with Crippen molar-refractivity contribution in [2.24, 2.45) is 5.92 Å². The van der Waals surface area contributed by atoms with E-state index in [0.29, 0.717) is 18.7 Å². The number of nitrogens with zero attached hydrogens (tertiary/aromatic N) is 3. The topological polar surface area (TPSA) is 53.5 Å². The first kappa shape index (κ1) is 14.8. The van der Waals surface area contributed by atoms with Crippen LogP contribution >= 0.6 is 0 Å². The van der Waals surface area contributed by atoms with E-state index in [2.05, 4.69) is 4.98 Å². The van der Waals surface area contributed by atoms with Crippen LogP contribution < -0.4 is 0 Å². The second-order valence-corrected chi connectivity index (χ2v) is 5.62. The van der Waals surface area contributed by atoms with Crippen LogP contribution in [0.25, 0.3) is 0 Å². The third-order valence-corrected chi connectivity index (χ3v) is 3.84. The maximum atomic E-state index is 12.9. The van der Waals surface area contributed by atoms with Crippen LogP contribution in [0.4, 0.5) is 13.2 Å². The molecule has 1 saturated carbocycles. The molecule has 0 unspecified atom stereocenters. The van der Waals surface area contributed by atoms with Crippen molar-refractivity contribution in [3.8, 4) is 0 Å². The van der Waals surface area contributed by atoms with E-state index in [4.69, 9.17) is 0 Å². The number of pyridine rings is 1. The molecular formula is C14H14F3N3O2. The molecule has 2 amide bonds. The summed E-state index contributed by atoms with van der Waals surface area (Å²) in [4.78, 5) is 30.3. The molecule has 2 fully saturated rings. The molecule has 1 saturated heterocycles. The molecule has 1 aromatic rings. The van der Waals surface area contributed by atoms with E-state index in [0.717, 1.165) is 30.0 Å². The zero-order chi connectivity index (χ0) is 15.9. The van der Waals surface area contributed by atoms with Gasteiger partial charge >= 0.3 is 6.18 Å². The molecule has 2 aliphatic rings. The predicted octanol–water partition coefficient (Wildman–Crippen LogP) is 1.75. The van der Waals surface area contributed by atoms with E-state index in [1.807, 2.05) is 0 Å². The summed E-state index contributed by atoms with van der Waals surface area (Å²) in [7, 11) is 0. The van der Waals surface area contributed by atoms with Gasteiger partial charge in [0, 0.05) is 18.9 Å². The van der Waals surface area contributed by atoms with Crippen molar-refractivity contribution >= 4 is 11.8 Å². The number of alkyl halides is 3. The summed E-state index contributed by atoms with van der Waals surface area (Å²) >= 11 is 0. The van der Waals surface area contributed by atoms with Crippen molar-refractivity contribution in [1.29, 1.82) is 0 Å². The number of carbonyl (C=O) groups excluding carboxylic acids is 2. The smallest absolute Gasteiger partial charge is 0.323 e. The third kappa shape index (κ3) is 2.90. The normalized spacial score (nSPS) is 19.0. The number of aromatic nitrogens is 1. The fraction of sp³-hybridized carbons (Fsp3) is 0.500. The monoisotopic (exact) mass is 313 g/mol. The van der Waals surface area contributed by atoms with Gasteiger partial charge in [-0.1, -0.05) is 0 Å². The minimum absolute atomic E-state index is 0.0494. The minimum Gasteiger partial charge on any atom is -0.323 e. The average molecular weight is 313 g/mol. The van der Waals surface area contributed by atoms with Crippen LogP contribution in [0.5, 0.6) is 0 Å². The highest BCUT2D eigenvalue weighted by atomic mass is 19.4. The van der Waals surface area contributed by atoms with Gasteiger partial charge in [0.15, 0.2) is 0 Å². The Kier molecular flexibility index (Phi) is 3.54. The van der Waals surface area contributed by atoms with Crippen LogP contribution in [0.2, 0.25) is 0 Å². The molecular weight excluding hydrogens is 299 g/mol. The molecule has 22 heavy (non-hydrogen) atoms. The molecule has 1 aliphatic heterocycles. The molecule has 0 spiro atoms. The second-order valence-electron chi connectivity index (χ2n) is 5.62. The highest BCUT2D eigenvalue weighted by Crippen LogP contribution is 2.33. The van der Waals surface area contributed by atoms with Gasteiger partial charge in [-0.15, -0.1) is 0 Å². The zero-order valence-electron chi connectivity index (χ0n) is 11.6. The average Bonchev–Trinajstić information content (AvgIpc) is 3.20. The lowest BCUT2D eigenvalue weighted by atomic mass is 10.1. The highest BCUT2D eigenvalue weighted by molar-refractivity contribution is 5.99. The van der Waals surface area contributed by atoms with Crippen molar-refractivity contribution in [3.63, 3.8) is 0 Å². The summed E-state index contributed by atoms with van der Waals surface area (Å²) in [5.41, 5.74) is -1.54. The Hall–Kier alpha value is -2.12. The fourth-order valence-corrected chi connectivity index (χ4v) is 2.48. The minimum atomic E-state index is -4.66. The van der Waals surface area contributed by atoms with Gasteiger partial charge < -0.3 is 9.80 Å². The van der Waals surface area contributed by atoms with E-state index >= 15 is 0 Å². The Morgan fingerprint density at radius 3 is 2.73 bits per heavy atom. The number of rotatable bonds is 3. The van der Waals surface area contributed by atoms with Gasteiger partial charge in [0.1, 0.15) is 6.54 Å². The number of amides is 2. The lowest BCUT2D eigenvalue weighted by Crippen LogP contribution is -2.33. The first-order valence-corrected chi connectivity index (χ1v) is 6.94. The predicted molar refractivity (Wildman–Crippen MR) is 69.6 cm³/mol. The van der Waals surface area contributed by atoms with Gasteiger partial charge in [-0.25, -0.2) is 0 Å². The Morgan fingerprint density at radius 2 is 2.09 bits per heavy atom. The molecule has 1 aromatic heterocycles. The van der Waals surface area contributed by atoms with Crippen LogP contribution in [0.15, 0.2) is 18.5 Å². The Bertz CT molecular complexity index is 614. The molecule has 3 rings (SSSR count). The van der Waals surface area contributed by atoms with E-state index in [1.165, 1.54) is 4.90 Å². The largest absolute Gasteiger partial charge is 0.418 e. The Balaban J connectivity index is 1.78. The first-order chi connectivity index (χ1) is 10.4. The van der Waals surface area contributed by atoms with Crippen LogP contribution in [-0.2, 0) is 11.0 Å². The van der Waals surface area contributed by atoms with Gasteiger partial charge in [-0.3, -0.25) is 14.6 Å². The number of halogens is 3. The summed E-state index contributed by atoms with van der Waals surface area (Å²) < 4.78 is 38.8. The van der Waals surface area contributed by atoms with Crippen molar-refractivity contribution in [1.82, 2.24) is 14.8 Å². The molecule has 2 heterocycles. The van der Waals surface area contributed by atoms with Gasteiger partial charge in [0.25, 0.3) is 5.91 Å². The molecule has 0 aromatic carbocycles. The second kappa shape index (κ2) is 5.26. The molecule has 0 atom stereocenters. The Labute approximate surface area is 124 Å². The van der Waals surface area contributed by atoms with E-state index in [9.17, 15) is 22.8 Å². The summed E-state index contributed by atoms with van der Waals surface area (Å²) in [6.45, 7) is 0.448. The summed E-state index contributed by atoms with van der Waals surface area (Å²) in [5, 5.41) is 0. The zero-order valence-corrected chi connectivity index (χ0v) is 11.6. The lowest BCUT2D eigenvalue weighted by Gasteiger charge is -2.19. The summed E-state index contributed by atoms with van der Waals surface area (Å²) in [5.74, 6) is -0.546. The standard InChI is InChI=1S/C14H14F3N3O2/c15-14(16,17)11-5-18-4-3-10(11)13(22)20-7-12(21)19(8-20)6-9-1-2-9/h3-5,9H,1-2,6-8H2. The first-order valence-electron chi connectivity index (χ1n) is 6.94. The van der Waals surface area contributed by atoms with Crippen LogP contribution in [0, 0.1) is 5.92 Å². The quantitative estimate of drug-likeness (QED) is 0.854. The molecule has 1 aliphatic carbocycles. The Morgan fingerprint density at radius 1 is 1.36 bits per heavy atom. The number of carbonyl (C=O) groups is 2.